The SMILES string of the molecule is C=CCC(C)(O)c1ccc(OC)c(OC)c1. The molecule has 1 aromatic carbocycles. The average Bonchev–Trinajstić information content (AvgIpc) is 2.28. The highest BCUT2D eigenvalue weighted by Gasteiger charge is 2.22. The molecule has 16 heavy (non-hydrogen) atoms. The van der Waals surface area contributed by atoms with E-state index >= 15 is 0 Å². The summed E-state index contributed by atoms with van der Waals surface area (Å²) in [7, 11) is 3.16. The Hall–Kier alpha value is -1.48. The zero-order valence-electron chi connectivity index (χ0n) is 9.99. The smallest absolute Gasteiger partial charge is 0.161 e. The van der Waals surface area contributed by atoms with E-state index in [0.717, 1.165) is 5.56 Å². The highest BCUT2D eigenvalue weighted by atomic mass is 16.5. The Labute approximate surface area is 96.3 Å². The van der Waals surface area contributed by atoms with Crippen molar-refractivity contribution in [1.29, 1.82) is 0 Å². The average molecular weight is 222 g/mol. The van der Waals surface area contributed by atoms with E-state index in [1.54, 1.807) is 39.4 Å². The molecule has 0 aliphatic heterocycles. The van der Waals surface area contributed by atoms with Gasteiger partial charge in [-0.25, -0.2) is 0 Å². The van der Waals surface area contributed by atoms with E-state index in [1.165, 1.54) is 0 Å². The van der Waals surface area contributed by atoms with Crippen LogP contribution in [0.1, 0.15) is 18.9 Å². The highest BCUT2D eigenvalue weighted by Crippen LogP contribution is 2.33. The summed E-state index contributed by atoms with van der Waals surface area (Å²) < 4.78 is 10.3. The summed E-state index contributed by atoms with van der Waals surface area (Å²) in [5.74, 6) is 1.27. The van der Waals surface area contributed by atoms with Crippen LogP contribution < -0.4 is 9.47 Å². The monoisotopic (exact) mass is 222 g/mol. The van der Waals surface area contributed by atoms with Crippen molar-refractivity contribution >= 4 is 0 Å². The molecule has 1 unspecified atom stereocenters. The molecular weight excluding hydrogens is 204 g/mol. The van der Waals surface area contributed by atoms with Gasteiger partial charge in [-0.3, -0.25) is 0 Å². The molecule has 1 atom stereocenters. The number of ether oxygens (including phenoxy) is 2. The number of hydrogen-bond donors (Lipinski definition) is 1. The number of methoxy groups -OCH3 is 2. The molecule has 3 nitrogen and oxygen atoms in total. The largest absolute Gasteiger partial charge is 0.493 e. The first-order chi connectivity index (χ1) is 7.55. The third-order valence-corrected chi connectivity index (χ3v) is 2.55. The fraction of sp³-hybridized carbons (Fsp3) is 0.385. The predicted octanol–water partition coefficient (Wildman–Crippen LogP) is 2.49. The molecule has 0 bridgehead atoms. The lowest BCUT2D eigenvalue weighted by molar-refractivity contribution is 0.0603. The first kappa shape index (κ1) is 12.6. The molecule has 1 rings (SSSR count). The fourth-order valence-corrected chi connectivity index (χ4v) is 1.57. The van der Waals surface area contributed by atoms with Crippen LogP contribution in [0.15, 0.2) is 30.9 Å². The van der Waals surface area contributed by atoms with Crippen LogP contribution in [-0.2, 0) is 5.60 Å². The lowest BCUT2D eigenvalue weighted by atomic mass is 9.92. The van der Waals surface area contributed by atoms with Crippen molar-refractivity contribution < 1.29 is 14.6 Å². The van der Waals surface area contributed by atoms with Crippen LogP contribution in [0.2, 0.25) is 0 Å². The van der Waals surface area contributed by atoms with Crippen LogP contribution in [0.5, 0.6) is 11.5 Å². The van der Waals surface area contributed by atoms with Gasteiger partial charge in [0.15, 0.2) is 11.5 Å². The molecule has 88 valence electrons. The van der Waals surface area contributed by atoms with Gasteiger partial charge in [0.1, 0.15) is 0 Å². The van der Waals surface area contributed by atoms with E-state index in [1.807, 2.05) is 6.07 Å². The number of benzene rings is 1. The second-order valence-corrected chi connectivity index (χ2v) is 3.84. The second-order valence-electron chi connectivity index (χ2n) is 3.84. The summed E-state index contributed by atoms with van der Waals surface area (Å²) in [5.41, 5.74) is -0.147. The van der Waals surface area contributed by atoms with E-state index < -0.39 is 5.60 Å². The summed E-state index contributed by atoms with van der Waals surface area (Å²) in [5, 5.41) is 10.2. The normalized spacial score (nSPS) is 14.0. The molecule has 0 saturated heterocycles. The lowest BCUT2D eigenvalue weighted by Gasteiger charge is -2.23. The Bertz CT molecular complexity index is 369. The van der Waals surface area contributed by atoms with Gasteiger partial charge >= 0.3 is 0 Å². The summed E-state index contributed by atoms with van der Waals surface area (Å²) in [6, 6.07) is 5.39. The molecule has 0 aliphatic rings. The minimum absolute atomic E-state index is 0.489. The molecule has 0 spiro atoms. The molecule has 0 heterocycles. The molecule has 0 amide bonds. The summed E-state index contributed by atoms with van der Waals surface area (Å²) in [6.07, 6.45) is 2.18. The summed E-state index contributed by atoms with van der Waals surface area (Å²) >= 11 is 0. The third-order valence-electron chi connectivity index (χ3n) is 2.55. The van der Waals surface area contributed by atoms with Gasteiger partial charge in [-0.1, -0.05) is 12.1 Å². The van der Waals surface area contributed by atoms with Crippen molar-refractivity contribution in [3.8, 4) is 11.5 Å². The minimum Gasteiger partial charge on any atom is -0.493 e. The maximum atomic E-state index is 10.2. The third kappa shape index (κ3) is 2.55. The number of hydrogen-bond acceptors (Lipinski definition) is 3. The molecule has 0 aromatic heterocycles. The van der Waals surface area contributed by atoms with Crippen LogP contribution in [0.3, 0.4) is 0 Å². The number of rotatable bonds is 5. The summed E-state index contributed by atoms with van der Waals surface area (Å²) in [4.78, 5) is 0. The van der Waals surface area contributed by atoms with Gasteiger partial charge in [0.05, 0.1) is 19.8 Å². The Morgan fingerprint density at radius 3 is 2.44 bits per heavy atom. The molecule has 0 fully saturated rings. The van der Waals surface area contributed by atoms with Gasteiger partial charge in [0.2, 0.25) is 0 Å². The molecule has 0 radical (unpaired) electrons. The maximum Gasteiger partial charge on any atom is 0.161 e. The van der Waals surface area contributed by atoms with Gasteiger partial charge in [0.25, 0.3) is 0 Å². The van der Waals surface area contributed by atoms with Crippen LogP contribution >= 0.6 is 0 Å². The zero-order valence-corrected chi connectivity index (χ0v) is 9.99. The summed E-state index contributed by atoms with van der Waals surface area (Å²) in [6.45, 7) is 5.38. The molecule has 0 saturated carbocycles. The van der Waals surface area contributed by atoms with E-state index in [9.17, 15) is 5.11 Å². The minimum atomic E-state index is -0.929. The van der Waals surface area contributed by atoms with Gasteiger partial charge in [-0.05, 0) is 31.0 Å². The van der Waals surface area contributed by atoms with Crippen LogP contribution in [0.25, 0.3) is 0 Å². The number of aliphatic hydroxyl groups is 1. The van der Waals surface area contributed by atoms with Gasteiger partial charge in [-0.2, -0.15) is 0 Å². The van der Waals surface area contributed by atoms with Crippen LogP contribution in [0, 0.1) is 0 Å². The van der Waals surface area contributed by atoms with E-state index in [2.05, 4.69) is 6.58 Å². The topological polar surface area (TPSA) is 38.7 Å². The molecular formula is C13H18O3. The van der Waals surface area contributed by atoms with Gasteiger partial charge in [0, 0.05) is 0 Å². The quantitative estimate of drug-likeness (QED) is 0.778. The molecule has 3 heteroatoms. The van der Waals surface area contributed by atoms with Crippen molar-refractivity contribution in [3.05, 3.63) is 36.4 Å². The zero-order chi connectivity index (χ0) is 12.2. The molecule has 1 N–H and O–H groups in total. The fourth-order valence-electron chi connectivity index (χ4n) is 1.57. The van der Waals surface area contributed by atoms with E-state index in [0.29, 0.717) is 17.9 Å². The van der Waals surface area contributed by atoms with Crippen molar-refractivity contribution in [2.24, 2.45) is 0 Å². The van der Waals surface area contributed by atoms with Crippen LogP contribution in [-0.4, -0.2) is 19.3 Å². The Morgan fingerprint density at radius 1 is 1.31 bits per heavy atom. The van der Waals surface area contributed by atoms with Gasteiger partial charge in [-0.15, -0.1) is 6.58 Å². The van der Waals surface area contributed by atoms with E-state index in [4.69, 9.17) is 9.47 Å². The van der Waals surface area contributed by atoms with E-state index in [-0.39, 0.29) is 0 Å². The highest BCUT2D eigenvalue weighted by molar-refractivity contribution is 5.44. The first-order valence-electron chi connectivity index (χ1n) is 5.11. The van der Waals surface area contributed by atoms with Crippen molar-refractivity contribution in [2.75, 3.05) is 14.2 Å². The lowest BCUT2D eigenvalue weighted by Crippen LogP contribution is -2.19. The Kier molecular flexibility index (Phi) is 3.96. The molecule has 1 aromatic rings. The molecule has 0 aliphatic carbocycles. The second kappa shape index (κ2) is 5.03. The first-order valence-corrected chi connectivity index (χ1v) is 5.11. The van der Waals surface area contributed by atoms with Crippen molar-refractivity contribution in [2.45, 2.75) is 18.9 Å². The maximum absolute atomic E-state index is 10.2. The standard InChI is InChI=1S/C13H18O3/c1-5-8-13(2,14)10-6-7-11(15-3)12(9-10)16-4/h5-7,9,14H,1,8H2,2-4H3. The predicted molar refractivity (Wildman–Crippen MR) is 63.9 cm³/mol. The van der Waals surface area contributed by atoms with Crippen molar-refractivity contribution in [1.82, 2.24) is 0 Å². The Morgan fingerprint density at radius 2 is 1.94 bits per heavy atom. The van der Waals surface area contributed by atoms with Crippen LogP contribution in [0.4, 0.5) is 0 Å². The van der Waals surface area contributed by atoms with Gasteiger partial charge < -0.3 is 14.6 Å². The Balaban J connectivity index is 3.11. The van der Waals surface area contributed by atoms with Crippen molar-refractivity contribution in [3.63, 3.8) is 0 Å².